The van der Waals surface area contributed by atoms with Gasteiger partial charge >= 0.3 is 0 Å². The van der Waals surface area contributed by atoms with Crippen LogP contribution in [0.25, 0.3) is 0 Å². The first-order valence-corrected chi connectivity index (χ1v) is 6.77. The zero-order valence-corrected chi connectivity index (χ0v) is 12.0. The van der Waals surface area contributed by atoms with Crippen LogP contribution >= 0.6 is 0 Å². The van der Waals surface area contributed by atoms with Gasteiger partial charge in [0.25, 0.3) is 0 Å². The van der Waals surface area contributed by atoms with Crippen LogP contribution in [0.4, 0.5) is 4.39 Å². The second-order valence-corrected chi connectivity index (χ2v) is 4.72. The summed E-state index contributed by atoms with van der Waals surface area (Å²) in [6, 6.07) is 5.56. The highest BCUT2D eigenvalue weighted by Crippen LogP contribution is 2.07. The molecule has 0 spiro atoms. The van der Waals surface area contributed by atoms with E-state index < -0.39 is 0 Å². The summed E-state index contributed by atoms with van der Waals surface area (Å²) in [6.07, 6.45) is 1.07. The van der Waals surface area contributed by atoms with Crippen LogP contribution in [0, 0.1) is 5.82 Å². The van der Waals surface area contributed by atoms with Crippen LogP contribution in [-0.4, -0.2) is 43.3 Å². The molecular formula is C15H21FN2O2. The van der Waals surface area contributed by atoms with Gasteiger partial charge in [-0.2, -0.15) is 0 Å². The van der Waals surface area contributed by atoms with E-state index >= 15 is 0 Å². The third-order valence-corrected chi connectivity index (χ3v) is 2.90. The minimum atomic E-state index is -0.344. The molecular weight excluding hydrogens is 259 g/mol. The summed E-state index contributed by atoms with van der Waals surface area (Å²) in [5.74, 6) is -0.362. The summed E-state index contributed by atoms with van der Waals surface area (Å²) >= 11 is 0. The molecule has 0 aliphatic rings. The first-order chi connectivity index (χ1) is 9.52. The van der Waals surface area contributed by atoms with Crippen molar-refractivity contribution in [2.75, 3.05) is 26.7 Å². The molecule has 0 saturated carbocycles. The van der Waals surface area contributed by atoms with Crippen molar-refractivity contribution in [3.8, 4) is 0 Å². The third kappa shape index (κ3) is 5.93. The molecule has 1 rings (SSSR count). The molecule has 0 aromatic heterocycles. The van der Waals surface area contributed by atoms with E-state index in [9.17, 15) is 14.0 Å². The Morgan fingerprint density at radius 1 is 1.25 bits per heavy atom. The molecule has 0 heterocycles. The summed E-state index contributed by atoms with van der Waals surface area (Å²) in [5.41, 5.74) is 0.526. The molecule has 0 aliphatic carbocycles. The average Bonchev–Trinajstić information content (AvgIpc) is 2.39. The van der Waals surface area contributed by atoms with Crippen LogP contribution in [0.15, 0.2) is 24.3 Å². The number of benzene rings is 1. The Bertz CT molecular complexity index is 446. The number of amides is 1. The largest absolute Gasteiger partial charge is 0.355 e. The summed E-state index contributed by atoms with van der Waals surface area (Å²) in [6.45, 7) is 3.50. The number of hydrogen-bond donors (Lipinski definition) is 1. The molecule has 1 amide bonds. The molecule has 5 heteroatoms. The SMILES string of the molecule is CCNC(=O)CN(C)CCCC(=O)c1ccc(F)cc1. The molecule has 1 N–H and O–H groups in total. The molecule has 0 saturated heterocycles. The van der Waals surface area contributed by atoms with Gasteiger partial charge < -0.3 is 5.32 Å². The van der Waals surface area contributed by atoms with Gasteiger partial charge in [-0.1, -0.05) is 0 Å². The quantitative estimate of drug-likeness (QED) is 0.739. The fourth-order valence-corrected chi connectivity index (χ4v) is 1.87. The fraction of sp³-hybridized carbons (Fsp3) is 0.467. The van der Waals surface area contributed by atoms with E-state index in [1.54, 1.807) is 0 Å². The van der Waals surface area contributed by atoms with Gasteiger partial charge in [0, 0.05) is 18.5 Å². The van der Waals surface area contributed by atoms with Crippen molar-refractivity contribution in [1.82, 2.24) is 10.2 Å². The number of ketones is 1. The Balaban J connectivity index is 2.28. The Morgan fingerprint density at radius 2 is 1.90 bits per heavy atom. The van der Waals surface area contributed by atoms with Gasteiger partial charge in [0.1, 0.15) is 5.82 Å². The zero-order chi connectivity index (χ0) is 15.0. The van der Waals surface area contributed by atoms with Crippen molar-refractivity contribution in [1.29, 1.82) is 0 Å². The predicted molar refractivity (Wildman–Crippen MR) is 76.1 cm³/mol. The van der Waals surface area contributed by atoms with Crippen LogP contribution in [0.1, 0.15) is 30.1 Å². The van der Waals surface area contributed by atoms with Gasteiger partial charge in [0.2, 0.25) is 5.91 Å². The Morgan fingerprint density at radius 3 is 2.50 bits per heavy atom. The second-order valence-electron chi connectivity index (χ2n) is 4.72. The maximum Gasteiger partial charge on any atom is 0.234 e. The first-order valence-electron chi connectivity index (χ1n) is 6.77. The lowest BCUT2D eigenvalue weighted by atomic mass is 10.1. The molecule has 0 bridgehead atoms. The van der Waals surface area contributed by atoms with Gasteiger partial charge in [0.15, 0.2) is 5.78 Å². The summed E-state index contributed by atoms with van der Waals surface area (Å²) in [5, 5.41) is 2.72. The van der Waals surface area contributed by atoms with Crippen LogP contribution in [0.2, 0.25) is 0 Å². The van der Waals surface area contributed by atoms with Gasteiger partial charge in [-0.15, -0.1) is 0 Å². The Labute approximate surface area is 119 Å². The molecule has 20 heavy (non-hydrogen) atoms. The monoisotopic (exact) mass is 280 g/mol. The number of Topliss-reactive ketones (excluding diaryl/α,β-unsaturated/α-hetero) is 1. The van der Waals surface area contributed by atoms with Crippen LogP contribution in [0.5, 0.6) is 0 Å². The van der Waals surface area contributed by atoms with Gasteiger partial charge in [-0.05, 0) is 51.2 Å². The highest BCUT2D eigenvalue weighted by atomic mass is 19.1. The smallest absolute Gasteiger partial charge is 0.234 e. The number of hydrogen-bond acceptors (Lipinski definition) is 3. The molecule has 1 aromatic carbocycles. The predicted octanol–water partition coefficient (Wildman–Crippen LogP) is 1.86. The van der Waals surface area contributed by atoms with E-state index in [0.29, 0.717) is 38.0 Å². The van der Waals surface area contributed by atoms with Crippen molar-refractivity contribution in [3.63, 3.8) is 0 Å². The van der Waals surface area contributed by atoms with E-state index in [1.165, 1.54) is 24.3 Å². The minimum Gasteiger partial charge on any atom is -0.355 e. The number of likely N-dealkylation sites (N-methyl/N-ethyl adjacent to an activating group) is 2. The number of halogens is 1. The van der Waals surface area contributed by atoms with Crippen molar-refractivity contribution >= 4 is 11.7 Å². The van der Waals surface area contributed by atoms with Crippen molar-refractivity contribution in [2.24, 2.45) is 0 Å². The fourth-order valence-electron chi connectivity index (χ4n) is 1.87. The van der Waals surface area contributed by atoms with Crippen molar-refractivity contribution in [2.45, 2.75) is 19.8 Å². The Kier molecular flexibility index (Phi) is 6.87. The van der Waals surface area contributed by atoms with E-state index in [4.69, 9.17) is 0 Å². The van der Waals surface area contributed by atoms with Crippen LogP contribution in [0.3, 0.4) is 0 Å². The lowest BCUT2D eigenvalue weighted by molar-refractivity contribution is -0.121. The van der Waals surface area contributed by atoms with Crippen molar-refractivity contribution < 1.29 is 14.0 Å². The standard InChI is InChI=1S/C15H21FN2O2/c1-3-17-15(20)11-18(2)10-4-5-14(19)12-6-8-13(16)9-7-12/h6-9H,3-5,10-11H2,1-2H3,(H,17,20). The molecule has 0 radical (unpaired) electrons. The third-order valence-electron chi connectivity index (χ3n) is 2.90. The summed E-state index contributed by atoms with van der Waals surface area (Å²) in [7, 11) is 1.84. The molecule has 0 aliphatic heterocycles. The van der Waals surface area contributed by atoms with Crippen molar-refractivity contribution in [3.05, 3.63) is 35.6 Å². The summed E-state index contributed by atoms with van der Waals surface area (Å²) in [4.78, 5) is 25.1. The highest BCUT2D eigenvalue weighted by molar-refractivity contribution is 5.95. The van der Waals surface area contributed by atoms with E-state index in [1.807, 2.05) is 18.9 Å². The molecule has 0 fully saturated rings. The van der Waals surface area contributed by atoms with E-state index in [0.717, 1.165) is 0 Å². The van der Waals surface area contributed by atoms with E-state index in [2.05, 4.69) is 5.32 Å². The number of nitrogens with zero attached hydrogens (tertiary/aromatic N) is 1. The van der Waals surface area contributed by atoms with Crippen LogP contribution in [-0.2, 0) is 4.79 Å². The molecule has 0 atom stereocenters. The molecule has 0 unspecified atom stereocenters. The summed E-state index contributed by atoms with van der Waals surface area (Å²) < 4.78 is 12.7. The van der Waals surface area contributed by atoms with E-state index in [-0.39, 0.29) is 17.5 Å². The lowest BCUT2D eigenvalue weighted by Crippen LogP contribution is -2.35. The Hall–Kier alpha value is -1.75. The first kappa shape index (κ1) is 16.3. The molecule has 4 nitrogen and oxygen atoms in total. The number of nitrogens with one attached hydrogen (secondary N) is 1. The average molecular weight is 280 g/mol. The number of carbonyl (C=O) groups is 2. The zero-order valence-electron chi connectivity index (χ0n) is 12.0. The highest BCUT2D eigenvalue weighted by Gasteiger charge is 2.08. The maximum absolute atomic E-state index is 12.7. The van der Waals surface area contributed by atoms with Gasteiger partial charge in [0.05, 0.1) is 6.54 Å². The number of rotatable bonds is 8. The van der Waals surface area contributed by atoms with Crippen LogP contribution < -0.4 is 5.32 Å². The van der Waals surface area contributed by atoms with Gasteiger partial charge in [-0.3, -0.25) is 14.5 Å². The topological polar surface area (TPSA) is 49.4 Å². The van der Waals surface area contributed by atoms with Gasteiger partial charge in [-0.25, -0.2) is 4.39 Å². The molecule has 110 valence electrons. The maximum atomic E-state index is 12.7. The normalized spacial score (nSPS) is 10.6. The number of carbonyl (C=O) groups excluding carboxylic acids is 2. The molecule has 1 aromatic rings. The second kappa shape index (κ2) is 8.43. The lowest BCUT2D eigenvalue weighted by Gasteiger charge is -2.15. The minimum absolute atomic E-state index is 0.00332.